The summed E-state index contributed by atoms with van der Waals surface area (Å²) >= 11 is 1.56. The topological polar surface area (TPSA) is 55.1 Å². The van der Waals surface area contributed by atoms with Gasteiger partial charge < -0.3 is 11.1 Å². The van der Waals surface area contributed by atoms with Crippen molar-refractivity contribution in [3.63, 3.8) is 0 Å². The van der Waals surface area contributed by atoms with Crippen LogP contribution in [-0.4, -0.2) is 10.7 Å². The fourth-order valence-corrected chi connectivity index (χ4v) is 2.38. The van der Waals surface area contributed by atoms with E-state index in [4.69, 9.17) is 5.73 Å². The number of fused-ring (bicyclic) bond motifs is 1. The Balaban J connectivity index is 2.46. The molecule has 2 rings (SSSR count). The Labute approximate surface area is 87.1 Å². The van der Waals surface area contributed by atoms with E-state index in [1.54, 1.807) is 17.8 Å². The number of nitrogens with two attached hydrogens (primary N) is 1. The lowest BCUT2D eigenvalue weighted by atomic mass is 10.1. The van der Waals surface area contributed by atoms with Crippen molar-refractivity contribution in [1.82, 2.24) is 0 Å². The zero-order valence-electron chi connectivity index (χ0n) is 8.13. The van der Waals surface area contributed by atoms with E-state index in [1.165, 1.54) is 0 Å². The number of nitrogen functional groups attached to an aromatic ring is 1. The van der Waals surface area contributed by atoms with Gasteiger partial charge in [-0.25, -0.2) is 0 Å². The van der Waals surface area contributed by atoms with E-state index in [0.29, 0.717) is 5.69 Å². The molecule has 1 aromatic rings. The van der Waals surface area contributed by atoms with Crippen molar-refractivity contribution in [3.05, 3.63) is 18.2 Å². The third-order valence-electron chi connectivity index (χ3n) is 2.16. The van der Waals surface area contributed by atoms with Gasteiger partial charge in [-0.3, -0.25) is 4.79 Å². The first kappa shape index (κ1) is 9.40. The molecule has 0 spiro atoms. The van der Waals surface area contributed by atoms with Crippen LogP contribution >= 0.6 is 11.8 Å². The van der Waals surface area contributed by atoms with Crippen LogP contribution in [-0.2, 0) is 4.79 Å². The molecule has 0 aromatic heterocycles. The number of benzene rings is 1. The molecule has 14 heavy (non-hydrogen) atoms. The third-order valence-corrected chi connectivity index (χ3v) is 3.44. The van der Waals surface area contributed by atoms with Crippen molar-refractivity contribution in [2.75, 3.05) is 11.1 Å². The summed E-state index contributed by atoms with van der Waals surface area (Å²) in [6.07, 6.45) is 0. The summed E-state index contributed by atoms with van der Waals surface area (Å²) in [5.74, 6) is 0.0283. The lowest BCUT2D eigenvalue weighted by molar-refractivity contribution is -0.117. The zero-order chi connectivity index (χ0) is 10.3. The van der Waals surface area contributed by atoms with Crippen LogP contribution in [0.5, 0.6) is 0 Å². The predicted octanol–water partition coefficient (Wildman–Crippen LogP) is 2.09. The van der Waals surface area contributed by atoms with E-state index in [2.05, 4.69) is 5.32 Å². The minimum absolute atomic E-state index is 0.0283. The molecule has 0 radical (unpaired) electrons. The van der Waals surface area contributed by atoms with Gasteiger partial charge in [-0.05, 0) is 32.0 Å². The molecule has 0 atom stereocenters. The van der Waals surface area contributed by atoms with Crippen LogP contribution in [0, 0.1) is 0 Å². The summed E-state index contributed by atoms with van der Waals surface area (Å²) in [6, 6.07) is 5.57. The van der Waals surface area contributed by atoms with Gasteiger partial charge in [0.1, 0.15) is 0 Å². The van der Waals surface area contributed by atoms with Gasteiger partial charge in [0.25, 0.3) is 0 Å². The SMILES string of the molecule is CC1(C)Sc2ccc(N)cc2NC1=O. The molecular formula is C10H12N2OS. The smallest absolute Gasteiger partial charge is 0.240 e. The van der Waals surface area contributed by atoms with Gasteiger partial charge in [0.05, 0.1) is 10.4 Å². The summed E-state index contributed by atoms with van der Waals surface area (Å²) in [6.45, 7) is 3.82. The van der Waals surface area contributed by atoms with Gasteiger partial charge in [-0.2, -0.15) is 0 Å². The molecule has 0 saturated heterocycles. The molecule has 1 aliphatic heterocycles. The van der Waals surface area contributed by atoms with Gasteiger partial charge in [0, 0.05) is 10.6 Å². The average molecular weight is 208 g/mol. The largest absolute Gasteiger partial charge is 0.399 e. The van der Waals surface area contributed by atoms with E-state index in [9.17, 15) is 4.79 Å². The van der Waals surface area contributed by atoms with E-state index < -0.39 is 4.75 Å². The first-order valence-corrected chi connectivity index (χ1v) is 5.21. The fourth-order valence-electron chi connectivity index (χ4n) is 1.33. The van der Waals surface area contributed by atoms with Gasteiger partial charge in [-0.15, -0.1) is 11.8 Å². The molecule has 1 heterocycles. The van der Waals surface area contributed by atoms with Crippen molar-refractivity contribution < 1.29 is 4.79 Å². The number of carbonyl (C=O) groups excluding carboxylic acids is 1. The average Bonchev–Trinajstić information content (AvgIpc) is 2.08. The first-order valence-electron chi connectivity index (χ1n) is 4.39. The third kappa shape index (κ3) is 1.46. The number of rotatable bonds is 0. The Morgan fingerprint density at radius 3 is 2.86 bits per heavy atom. The Morgan fingerprint density at radius 2 is 2.14 bits per heavy atom. The van der Waals surface area contributed by atoms with Crippen LogP contribution in [0.4, 0.5) is 11.4 Å². The summed E-state index contributed by atoms with van der Waals surface area (Å²) < 4.78 is -0.400. The highest BCUT2D eigenvalue weighted by Gasteiger charge is 2.34. The number of carbonyl (C=O) groups is 1. The number of hydrogen-bond acceptors (Lipinski definition) is 3. The summed E-state index contributed by atoms with van der Waals surface area (Å²) in [5.41, 5.74) is 7.12. The Bertz CT molecular complexity index is 401. The fraction of sp³-hybridized carbons (Fsp3) is 0.300. The second-order valence-electron chi connectivity index (χ2n) is 3.82. The second kappa shape index (κ2) is 2.92. The monoisotopic (exact) mass is 208 g/mol. The Morgan fingerprint density at radius 1 is 1.43 bits per heavy atom. The molecule has 1 aliphatic rings. The van der Waals surface area contributed by atoms with Crippen molar-refractivity contribution in [1.29, 1.82) is 0 Å². The van der Waals surface area contributed by atoms with E-state index >= 15 is 0 Å². The number of hydrogen-bond donors (Lipinski definition) is 2. The molecule has 74 valence electrons. The van der Waals surface area contributed by atoms with Crippen LogP contribution in [0.3, 0.4) is 0 Å². The molecule has 1 aromatic carbocycles. The minimum atomic E-state index is -0.400. The highest BCUT2D eigenvalue weighted by molar-refractivity contribution is 8.01. The lowest BCUT2D eigenvalue weighted by Crippen LogP contribution is -2.37. The second-order valence-corrected chi connectivity index (χ2v) is 5.49. The van der Waals surface area contributed by atoms with Crippen molar-refractivity contribution in [3.8, 4) is 0 Å². The van der Waals surface area contributed by atoms with Crippen LogP contribution in [0.25, 0.3) is 0 Å². The van der Waals surface area contributed by atoms with Gasteiger partial charge in [0.2, 0.25) is 5.91 Å². The Kier molecular flexibility index (Phi) is 1.96. The number of thioether (sulfide) groups is 1. The van der Waals surface area contributed by atoms with E-state index in [-0.39, 0.29) is 5.91 Å². The zero-order valence-corrected chi connectivity index (χ0v) is 8.94. The van der Waals surface area contributed by atoms with Gasteiger partial charge >= 0.3 is 0 Å². The first-order chi connectivity index (χ1) is 6.49. The van der Waals surface area contributed by atoms with Crippen LogP contribution in [0.1, 0.15) is 13.8 Å². The lowest BCUT2D eigenvalue weighted by Gasteiger charge is -2.29. The molecule has 0 bridgehead atoms. The molecule has 4 heteroatoms. The van der Waals surface area contributed by atoms with Crippen molar-refractivity contribution >= 4 is 29.0 Å². The van der Waals surface area contributed by atoms with Crippen LogP contribution < -0.4 is 11.1 Å². The Hall–Kier alpha value is -1.16. The predicted molar refractivity (Wildman–Crippen MR) is 59.4 cm³/mol. The molecule has 0 fully saturated rings. The number of amides is 1. The summed E-state index contributed by atoms with van der Waals surface area (Å²) in [5, 5.41) is 2.85. The molecule has 0 unspecified atom stereocenters. The molecule has 0 saturated carbocycles. The number of nitrogens with one attached hydrogen (secondary N) is 1. The maximum atomic E-state index is 11.6. The van der Waals surface area contributed by atoms with E-state index in [0.717, 1.165) is 10.6 Å². The van der Waals surface area contributed by atoms with Crippen molar-refractivity contribution in [2.24, 2.45) is 0 Å². The van der Waals surface area contributed by atoms with E-state index in [1.807, 2.05) is 26.0 Å². The maximum absolute atomic E-state index is 11.6. The standard InChI is InChI=1S/C10H12N2OS/c1-10(2)9(13)12-7-5-6(11)3-4-8(7)14-10/h3-5H,11H2,1-2H3,(H,12,13). The molecule has 1 amide bonds. The summed E-state index contributed by atoms with van der Waals surface area (Å²) in [4.78, 5) is 12.7. The molecular weight excluding hydrogens is 196 g/mol. The normalized spacial score (nSPS) is 18.6. The highest BCUT2D eigenvalue weighted by atomic mass is 32.2. The minimum Gasteiger partial charge on any atom is -0.399 e. The maximum Gasteiger partial charge on any atom is 0.240 e. The van der Waals surface area contributed by atoms with Gasteiger partial charge in [0.15, 0.2) is 0 Å². The van der Waals surface area contributed by atoms with Crippen molar-refractivity contribution in [2.45, 2.75) is 23.5 Å². The molecule has 3 N–H and O–H groups in total. The number of anilines is 2. The quantitative estimate of drug-likeness (QED) is 0.642. The van der Waals surface area contributed by atoms with Gasteiger partial charge in [-0.1, -0.05) is 0 Å². The van der Waals surface area contributed by atoms with Crippen LogP contribution in [0.2, 0.25) is 0 Å². The summed E-state index contributed by atoms with van der Waals surface area (Å²) in [7, 11) is 0. The van der Waals surface area contributed by atoms with Crippen LogP contribution in [0.15, 0.2) is 23.1 Å². The highest BCUT2D eigenvalue weighted by Crippen LogP contribution is 2.42. The molecule has 3 nitrogen and oxygen atoms in total. The molecule has 0 aliphatic carbocycles.